The van der Waals surface area contributed by atoms with Crippen LogP contribution in [0.1, 0.15) is 98.3 Å². The molecule has 0 amide bonds. The molecule has 0 aromatic rings. The summed E-state index contributed by atoms with van der Waals surface area (Å²) in [7, 11) is 2.24. The van der Waals surface area contributed by atoms with Gasteiger partial charge in [0.05, 0.1) is 0 Å². The van der Waals surface area contributed by atoms with Crippen molar-refractivity contribution in [2.75, 3.05) is 26.4 Å². The number of rotatable bonds is 14. The molecule has 8 heteroatoms. The molecule has 2 heterocycles. The van der Waals surface area contributed by atoms with Gasteiger partial charge in [-0.3, -0.25) is 0 Å². The summed E-state index contributed by atoms with van der Waals surface area (Å²) in [6.07, 6.45) is 13.6. The van der Waals surface area contributed by atoms with Crippen LogP contribution in [0.5, 0.6) is 0 Å². The molecule has 0 bridgehead atoms. The van der Waals surface area contributed by atoms with Gasteiger partial charge in [-0.1, -0.05) is 0 Å². The van der Waals surface area contributed by atoms with Crippen LogP contribution in [0.25, 0.3) is 0 Å². The Balaban J connectivity index is 2.10. The molecule has 0 spiro atoms. The first-order valence-electron chi connectivity index (χ1n) is 13.1. The van der Waals surface area contributed by atoms with E-state index in [9.17, 15) is 0 Å². The van der Waals surface area contributed by atoms with Crippen LogP contribution >= 0.6 is 0 Å². The van der Waals surface area contributed by atoms with Crippen molar-refractivity contribution in [1.82, 2.24) is 0 Å². The second-order valence-corrected chi connectivity index (χ2v) is 40.1. The van der Waals surface area contributed by atoms with Gasteiger partial charge in [-0.15, -0.1) is 0 Å². The quantitative estimate of drug-likeness (QED) is 0.209. The summed E-state index contributed by atoms with van der Waals surface area (Å²) >= 11 is -4.86. The van der Waals surface area contributed by atoms with Gasteiger partial charge in [0.1, 0.15) is 0 Å². The zero-order valence-corrected chi connectivity index (χ0v) is 32.1. The molecule has 0 saturated carbocycles. The van der Waals surface area contributed by atoms with Crippen LogP contribution < -0.4 is 0 Å². The predicted molar refractivity (Wildman–Crippen MR) is 144 cm³/mol. The number of ether oxygens (including phenoxy) is 2. The van der Waals surface area contributed by atoms with E-state index < -0.39 is 40.3 Å². The number of unbranched alkanes of at least 4 members (excludes halogenated alkanes) is 2. The molecule has 4 atom stereocenters. The van der Waals surface area contributed by atoms with Gasteiger partial charge in [0, 0.05) is 0 Å². The predicted octanol–water partition coefficient (Wildman–Crippen LogP) is 2.58. The minimum absolute atomic E-state index is 0.165. The van der Waals surface area contributed by atoms with E-state index in [0.717, 1.165) is 53.3 Å². The van der Waals surface area contributed by atoms with Gasteiger partial charge in [-0.2, -0.15) is 0 Å². The maximum atomic E-state index is 6.85. The maximum absolute atomic E-state index is 6.85. The van der Waals surface area contributed by atoms with Crippen molar-refractivity contribution in [3.05, 3.63) is 4.44 Å². The van der Waals surface area contributed by atoms with E-state index in [1.54, 1.807) is 0 Å². The average molecular weight is 685 g/mol. The first-order chi connectivity index (χ1) is 14.8. The SMILES string of the molecule is CCCC[O][SnH]([CH]C[C](C)(C)[SnH]([O]CCCC)[C]1([SiH3])CCCCO1)[C]1([SiH3])CCCCO1. The van der Waals surface area contributed by atoms with Crippen molar-refractivity contribution >= 4 is 60.8 Å². The van der Waals surface area contributed by atoms with Crippen LogP contribution in [-0.4, -0.2) is 93.7 Å². The molecule has 2 aliphatic heterocycles. The Labute approximate surface area is 214 Å². The van der Waals surface area contributed by atoms with Crippen LogP contribution in [0.3, 0.4) is 0 Å². The molecule has 2 saturated heterocycles. The van der Waals surface area contributed by atoms with Gasteiger partial charge >= 0.3 is 216 Å². The summed E-state index contributed by atoms with van der Waals surface area (Å²) < 4.78 is 29.9. The number of hydrogen-bond acceptors (Lipinski definition) is 4. The van der Waals surface area contributed by atoms with Crippen LogP contribution in [0, 0.1) is 4.44 Å². The van der Waals surface area contributed by atoms with Crippen LogP contribution in [-0.2, 0) is 15.6 Å². The Hall–Kier alpha value is 1.87. The summed E-state index contributed by atoms with van der Waals surface area (Å²) in [5, 5.41) is 0. The van der Waals surface area contributed by atoms with E-state index in [-0.39, 0.29) is 9.91 Å². The Morgan fingerprint density at radius 1 is 0.871 bits per heavy atom. The average Bonchev–Trinajstić information content (AvgIpc) is 2.74. The Kier molecular flexibility index (Phi) is 13.6. The van der Waals surface area contributed by atoms with Gasteiger partial charge in [0.2, 0.25) is 0 Å². The molecule has 2 aliphatic rings. The van der Waals surface area contributed by atoms with E-state index in [1.165, 1.54) is 64.2 Å². The van der Waals surface area contributed by atoms with Crippen molar-refractivity contribution in [3.63, 3.8) is 0 Å². The van der Waals surface area contributed by atoms with Gasteiger partial charge in [-0.05, 0) is 0 Å². The second-order valence-electron chi connectivity index (χ2n) is 10.9. The standard InChI is InChI=1S/2C5H11OSi.C5H9.2C4H9O.2Sn.2H/c2*7-5-3-1-2-4-6-5;1-4-5(2)3;2*1-2-3-4-5;;;;/h2*1-4H2,7H3;1H,4H2,2-3H3;2*2-4H2,1H3;;;;/q;;;2*-1;2*+1;;. The molecular weight excluding hydrogens is 634 g/mol. The molecule has 1 radical (unpaired) electrons. The molecule has 31 heavy (non-hydrogen) atoms. The Morgan fingerprint density at radius 2 is 1.42 bits per heavy atom. The van der Waals surface area contributed by atoms with Gasteiger partial charge in [0.15, 0.2) is 0 Å². The molecule has 183 valence electrons. The monoisotopic (exact) mass is 687 g/mol. The van der Waals surface area contributed by atoms with Crippen LogP contribution in [0.4, 0.5) is 0 Å². The normalized spacial score (nSPS) is 29.8. The zero-order valence-electron chi connectivity index (χ0n) is 21.5. The van der Waals surface area contributed by atoms with E-state index in [1.807, 2.05) is 0 Å². The van der Waals surface area contributed by atoms with Gasteiger partial charge < -0.3 is 0 Å². The summed E-state index contributed by atoms with van der Waals surface area (Å²) in [6, 6.07) is 0. The van der Waals surface area contributed by atoms with Gasteiger partial charge in [0.25, 0.3) is 0 Å². The fraction of sp³-hybridized carbons (Fsp3) is 0.957. The first-order valence-corrected chi connectivity index (χ1v) is 24.7. The van der Waals surface area contributed by atoms with E-state index in [4.69, 9.17) is 15.6 Å². The summed E-state index contributed by atoms with van der Waals surface area (Å²) in [5.41, 5.74) is 0. The van der Waals surface area contributed by atoms with Crippen molar-refractivity contribution in [2.24, 2.45) is 0 Å². The third kappa shape index (κ3) is 9.11. The summed E-state index contributed by atoms with van der Waals surface area (Å²) in [6.45, 7) is 13.3. The van der Waals surface area contributed by atoms with E-state index in [0.29, 0.717) is 0 Å². The van der Waals surface area contributed by atoms with Crippen molar-refractivity contribution < 1.29 is 15.6 Å². The fourth-order valence-corrected chi connectivity index (χ4v) is 37.5. The molecule has 2 fully saturated rings. The van der Waals surface area contributed by atoms with Crippen LogP contribution in [0.15, 0.2) is 0 Å². The first kappa shape index (κ1) is 29.1. The minimum atomic E-state index is -2.47. The summed E-state index contributed by atoms with van der Waals surface area (Å²) in [5.74, 6) is 0. The Morgan fingerprint density at radius 3 is 1.94 bits per heavy atom. The van der Waals surface area contributed by atoms with Crippen molar-refractivity contribution in [1.29, 1.82) is 0 Å². The zero-order chi connectivity index (χ0) is 22.8. The van der Waals surface area contributed by atoms with Crippen molar-refractivity contribution in [2.45, 2.75) is 108 Å². The fourth-order valence-electron chi connectivity index (χ4n) is 5.28. The van der Waals surface area contributed by atoms with E-state index in [2.05, 4.69) is 32.1 Å². The molecule has 4 nitrogen and oxygen atoms in total. The van der Waals surface area contributed by atoms with E-state index >= 15 is 0 Å². The third-order valence-corrected chi connectivity index (χ3v) is 35.4. The van der Waals surface area contributed by atoms with Gasteiger partial charge in [-0.25, -0.2) is 0 Å². The summed E-state index contributed by atoms with van der Waals surface area (Å²) in [4.78, 5) is 0. The molecule has 0 aromatic carbocycles. The number of hydrogen-bond donors (Lipinski definition) is 0. The molecule has 0 N–H and O–H groups in total. The Bertz CT molecular complexity index is 498. The third-order valence-electron chi connectivity index (χ3n) is 7.30. The van der Waals surface area contributed by atoms with Crippen LogP contribution in [0.2, 0.25) is 3.43 Å². The van der Waals surface area contributed by atoms with Crippen molar-refractivity contribution in [3.8, 4) is 0 Å². The molecular formula is C23H51O4Si2Sn2. The molecule has 2 rings (SSSR count). The second kappa shape index (κ2) is 14.4. The molecule has 4 unspecified atom stereocenters. The molecule has 0 aliphatic carbocycles. The topological polar surface area (TPSA) is 36.9 Å². The molecule has 0 aromatic heterocycles.